The zero-order valence-electron chi connectivity index (χ0n) is 18.1. The maximum Gasteiger partial charge on any atom is 0.248 e. The van der Waals surface area contributed by atoms with Crippen LogP contribution in [0.25, 0.3) is 0 Å². The van der Waals surface area contributed by atoms with Crippen molar-refractivity contribution in [3.63, 3.8) is 0 Å². The number of benzene rings is 2. The van der Waals surface area contributed by atoms with Gasteiger partial charge in [-0.15, -0.1) is 0 Å². The van der Waals surface area contributed by atoms with Crippen molar-refractivity contribution >= 4 is 27.5 Å². The molecule has 7 nitrogen and oxygen atoms in total. The number of nitrogens with zero attached hydrogens (tertiary/aromatic N) is 1. The number of piperidine rings is 1. The van der Waals surface area contributed by atoms with Gasteiger partial charge in [0.05, 0.1) is 4.90 Å². The van der Waals surface area contributed by atoms with E-state index < -0.39 is 15.9 Å². The number of hydrogen-bond donors (Lipinski definition) is 2. The highest BCUT2D eigenvalue weighted by atomic mass is 32.2. The van der Waals surface area contributed by atoms with Crippen molar-refractivity contribution in [1.82, 2.24) is 4.31 Å². The van der Waals surface area contributed by atoms with E-state index in [0.717, 1.165) is 5.56 Å². The standard InChI is InChI=1S/C23H29N3O4S/c1-15(2)17-4-7-20(8-5-17)31(29,30)26-12-10-18(11-13-26)23(28)25-19-6-9-21(22(24)27)16(3)14-19/h4-9,14-15,18H,10-13H2,1-3H3,(H2,24,27)(H,25,28). The van der Waals surface area contributed by atoms with Crippen LogP contribution >= 0.6 is 0 Å². The lowest BCUT2D eigenvalue weighted by Crippen LogP contribution is -2.41. The van der Waals surface area contributed by atoms with E-state index in [4.69, 9.17) is 5.73 Å². The van der Waals surface area contributed by atoms with E-state index in [2.05, 4.69) is 19.2 Å². The molecule has 0 aromatic heterocycles. The molecule has 0 atom stereocenters. The fraction of sp³-hybridized carbons (Fsp3) is 0.391. The van der Waals surface area contributed by atoms with Gasteiger partial charge in [-0.3, -0.25) is 9.59 Å². The number of carbonyl (C=O) groups excluding carboxylic acids is 2. The van der Waals surface area contributed by atoms with Gasteiger partial charge >= 0.3 is 0 Å². The van der Waals surface area contributed by atoms with Crippen LogP contribution in [-0.4, -0.2) is 37.6 Å². The fourth-order valence-electron chi connectivity index (χ4n) is 3.79. The highest BCUT2D eigenvalue weighted by molar-refractivity contribution is 7.89. The molecule has 1 aliphatic heterocycles. The van der Waals surface area contributed by atoms with Gasteiger partial charge < -0.3 is 11.1 Å². The summed E-state index contributed by atoms with van der Waals surface area (Å²) in [6.45, 7) is 6.48. The van der Waals surface area contributed by atoms with Crippen molar-refractivity contribution in [3.8, 4) is 0 Å². The number of rotatable bonds is 6. The highest BCUT2D eigenvalue weighted by Crippen LogP contribution is 2.26. The minimum absolute atomic E-state index is 0.149. The second-order valence-corrected chi connectivity index (χ2v) is 10.2. The molecule has 2 amide bonds. The first-order valence-corrected chi connectivity index (χ1v) is 11.8. The van der Waals surface area contributed by atoms with Crippen molar-refractivity contribution in [1.29, 1.82) is 0 Å². The number of nitrogens with one attached hydrogen (secondary N) is 1. The molecule has 0 spiro atoms. The summed E-state index contributed by atoms with van der Waals surface area (Å²) in [5.74, 6) is -0.597. The lowest BCUT2D eigenvalue weighted by atomic mass is 9.97. The predicted molar refractivity (Wildman–Crippen MR) is 120 cm³/mol. The third-order valence-corrected chi connectivity index (χ3v) is 7.68. The van der Waals surface area contributed by atoms with Crippen LogP contribution in [-0.2, 0) is 14.8 Å². The average molecular weight is 444 g/mol. The van der Waals surface area contributed by atoms with Gasteiger partial charge in [-0.25, -0.2) is 8.42 Å². The minimum atomic E-state index is -3.57. The van der Waals surface area contributed by atoms with E-state index >= 15 is 0 Å². The normalized spacial score (nSPS) is 15.7. The Kier molecular flexibility index (Phi) is 6.81. The van der Waals surface area contributed by atoms with E-state index in [0.29, 0.717) is 48.7 Å². The van der Waals surface area contributed by atoms with E-state index in [1.165, 1.54) is 4.31 Å². The van der Waals surface area contributed by atoms with Crippen LogP contribution < -0.4 is 11.1 Å². The van der Waals surface area contributed by atoms with Crippen molar-refractivity contribution in [3.05, 3.63) is 59.2 Å². The summed E-state index contributed by atoms with van der Waals surface area (Å²) < 4.78 is 27.3. The van der Waals surface area contributed by atoms with Gasteiger partial charge in [0, 0.05) is 30.3 Å². The topological polar surface area (TPSA) is 110 Å². The SMILES string of the molecule is Cc1cc(NC(=O)C2CCN(S(=O)(=O)c3ccc(C(C)C)cc3)CC2)ccc1C(N)=O. The largest absolute Gasteiger partial charge is 0.366 e. The number of amides is 2. The van der Waals surface area contributed by atoms with E-state index in [9.17, 15) is 18.0 Å². The first-order chi connectivity index (χ1) is 14.6. The molecule has 0 saturated carbocycles. The Balaban J connectivity index is 1.61. The number of primary amides is 1. The molecule has 2 aromatic carbocycles. The van der Waals surface area contributed by atoms with Crippen LogP contribution in [0.1, 0.15) is 54.1 Å². The van der Waals surface area contributed by atoms with Crippen LogP contribution in [0.4, 0.5) is 5.69 Å². The molecule has 0 unspecified atom stereocenters. The summed E-state index contributed by atoms with van der Waals surface area (Å²) in [4.78, 5) is 24.3. The molecule has 1 saturated heterocycles. The Bertz CT molecular complexity index is 1070. The summed E-state index contributed by atoms with van der Waals surface area (Å²) in [6.07, 6.45) is 0.904. The average Bonchev–Trinajstić information content (AvgIpc) is 2.73. The van der Waals surface area contributed by atoms with Gasteiger partial charge in [0.25, 0.3) is 0 Å². The molecule has 8 heteroatoms. The highest BCUT2D eigenvalue weighted by Gasteiger charge is 2.32. The summed E-state index contributed by atoms with van der Waals surface area (Å²) >= 11 is 0. The van der Waals surface area contributed by atoms with Gasteiger partial charge in [0.2, 0.25) is 21.8 Å². The number of anilines is 1. The second-order valence-electron chi connectivity index (χ2n) is 8.29. The smallest absolute Gasteiger partial charge is 0.248 e. The lowest BCUT2D eigenvalue weighted by molar-refractivity contribution is -0.120. The minimum Gasteiger partial charge on any atom is -0.366 e. The maximum absolute atomic E-state index is 12.9. The Morgan fingerprint density at radius 3 is 2.19 bits per heavy atom. The monoisotopic (exact) mass is 443 g/mol. The number of sulfonamides is 1. The van der Waals surface area contributed by atoms with Crippen LogP contribution in [0.3, 0.4) is 0 Å². The third kappa shape index (κ3) is 5.14. The van der Waals surface area contributed by atoms with Crippen molar-refractivity contribution < 1.29 is 18.0 Å². The molecule has 3 rings (SSSR count). The lowest BCUT2D eigenvalue weighted by Gasteiger charge is -2.30. The van der Waals surface area contributed by atoms with E-state index in [1.807, 2.05) is 12.1 Å². The van der Waals surface area contributed by atoms with Gasteiger partial charge in [0.15, 0.2) is 0 Å². The first kappa shape index (κ1) is 23.0. The summed E-state index contributed by atoms with van der Waals surface area (Å²) in [7, 11) is -3.57. The number of carbonyl (C=O) groups is 2. The number of nitrogens with two attached hydrogens (primary N) is 1. The summed E-state index contributed by atoms with van der Waals surface area (Å²) in [6, 6.07) is 12.0. The molecular formula is C23H29N3O4S. The van der Waals surface area contributed by atoms with Crippen LogP contribution in [0.5, 0.6) is 0 Å². The first-order valence-electron chi connectivity index (χ1n) is 10.4. The molecule has 1 fully saturated rings. The molecule has 166 valence electrons. The zero-order valence-corrected chi connectivity index (χ0v) is 18.9. The summed E-state index contributed by atoms with van der Waals surface area (Å²) in [5.41, 5.74) is 8.10. The second kappa shape index (κ2) is 9.20. The molecule has 0 radical (unpaired) electrons. The Hall–Kier alpha value is -2.71. The van der Waals surface area contributed by atoms with Crippen molar-refractivity contribution in [2.24, 2.45) is 11.7 Å². The molecule has 0 aliphatic carbocycles. The van der Waals surface area contributed by atoms with E-state index in [-0.39, 0.29) is 16.7 Å². The van der Waals surface area contributed by atoms with Gasteiger partial charge in [-0.05, 0) is 67.1 Å². The molecule has 3 N–H and O–H groups in total. The Morgan fingerprint density at radius 2 is 1.68 bits per heavy atom. The summed E-state index contributed by atoms with van der Waals surface area (Å²) in [5, 5.41) is 2.86. The van der Waals surface area contributed by atoms with Crippen molar-refractivity contribution in [2.45, 2.75) is 44.4 Å². The molecule has 0 bridgehead atoms. The Labute approximate surface area is 183 Å². The van der Waals surface area contributed by atoms with Gasteiger partial charge in [0.1, 0.15) is 0 Å². The third-order valence-electron chi connectivity index (χ3n) is 5.77. The molecule has 2 aromatic rings. The van der Waals surface area contributed by atoms with E-state index in [1.54, 1.807) is 37.3 Å². The number of aryl methyl sites for hydroxylation is 1. The van der Waals surface area contributed by atoms with Crippen LogP contribution in [0, 0.1) is 12.8 Å². The molecular weight excluding hydrogens is 414 g/mol. The van der Waals surface area contributed by atoms with Crippen LogP contribution in [0.15, 0.2) is 47.4 Å². The fourth-order valence-corrected chi connectivity index (χ4v) is 5.26. The van der Waals surface area contributed by atoms with Gasteiger partial charge in [-0.1, -0.05) is 26.0 Å². The quantitative estimate of drug-likeness (QED) is 0.714. The molecule has 1 aliphatic rings. The number of hydrogen-bond acceptors (Lipinski definition) is 4. The molecule has 31 heavy (non-hydrogen) atoms. The van der Waals surface area contributed by atoms with Crippen molar-refractivity contribution in [2.75, 3.05) is 18.4 Å². The zero-order chi connectivity index (χ0) is 22.8. The van der Waals surface area contributed by atoms with Crippen LogP contribution in [0.2, 0.25) is 0 Å². The Morgan fingerprint density at radius 1 is 1.06 bits per heavy atom. The maximum atomic E-state index is 12.9. The molecule has 1 heterocycles. The predicted octanol–water partition coefficient (Wildman–Crippen LogP) is 3.26. The van der Waals surface area contributed by atoms with Gasteiger partial charge in [-0.2, -0.15) is 4.31 Å².